The summed E-state index contributed by atoms with van der Waals surface area (Å²) in [5.74, 6) is 1.26. The van der Waals surface area contributed by atoms with Gasteiger partial charge in [0.05, 0.1) is 45.6 Å². The molecule has 0 aliphatic rings. The number of phenols is 1. The van der Waals surface area contributed by atoms with Crippen LogP contribution in [0.4, 0.5) is 0 Å². The van der Waals surface area contributed by atoms with E-state index in [4.69, 9.17) is 4.98 Å². The van der Waals surface area contributed by atoms with Crippen LogP contribution in [-0.2, 0) is 0 Å². The Labute approximate surface area is 257 Å². The zero-order valence-electron chi connectivity index (χ0n) is 25.1. The Morgan fingerprint density at radius 1 is 0.727 bits per heavy atom. The molecule has 0 aliphatic carbocycles. The van der Waals surface area contributed by atoms with Gasteiger partial charge in [-0.2, -0.15) is 10.5 Å². The van der Waals surface area contributed by atoms with Crippen LogP contribution in [0.1, 0.15) is 61.8 Å². The van der Waals surface area contributed by atoms with Gasteiger partial charge in [-0.05, 0) is 83.1 Å². The highest BCUT2D eigenvalue weighted by atomic mass is 16.3. The number of hydrogen-bond acceptors (Lipinski definition) is 5. The van der Waals surface area contributed by atoms with Gasteiger partial charge in [-0.1, -0.05) is 64.1 Å². The number of fused-ring (bicyclic) bond motifs is 1. The molecule has 0 spiro atoms. The van der Waals surface area contributed by atoms with Crippen LogP contribution >= 0.6 is 0 Å². The number of nitriles is 2. The van der Waals surface area contributed by atoms with Crippen molar-refractivity contribution in [3.05, 3.63) is 119 Å². The fraction of sp³-hybridized carbons (Fsp3) is 0.158. The minimum absolute atomic E-state index is 0.123. The molecule has 6 aromatic rings. The van der Waals surface area contributed by atoms with Crippen molar-refractivity contribution in [2.45, 2.75) is 39.5 Å². The first-order valence-corrected chi connectivity index (χ1v) is 14.6. The lowest BCUT2D eigenvalue weighted by atomic mass is 9.91. The first kappa shape index (κ1) is 28.4. The van der Waals surface area contributed by atoms with Crippen molar-refractivity contribution in [3.63, 3.8) is 0 Å². The Kier molecular flexibility index (Phi) is 7.43. The minimum Gasteiger partial charge on any atom is -0.507 e. The lowest BCUT2D eigenvalue weighted by Gasteiger charge is -2.18. The van der Waals surface area contributed by atoms with Crippen LogP contribution in [0, 0.1) is 22.7 Å². The molecule has 6 rings (SSSR count). The Balaban J connectivity index is 1.66. The molecule has 0 amide bonds. The van der Waals surface area contributed by atoms with Crippen molar-refractivity contribution in [1.82, 2.24) is 14.5 Å². The third kappa shape index (κ3) is 5.08. The predicted octanol–water partition coefficient (Wildman–Crippen LogP) is 9.12. The van der Waals surface area contributed by atoms with Crippen LogP contribution in [0.2, 0.25) is 0 Å². The molecule has 0 aliphatic heterocycles. The number of hydrogen-bond donors (Lipinski definition) is 1. The summed E-state index contributed by atoms with van der Waals surface area (Å²) in [5, 5.41) is 31.0. The third-order valence-corrected chi connectivity index (χ3v) is 7.95. The van der Waals surface area contributed by atoms with Crippen molar-refractivity contribution >= 4 is 11.0 Å². The molecule has 1 N–H and O–H groups in total. The Hall–Kier alpha value is -5.72. The molecule has 214 valence electrons. The smallest absolute Gasteiger partial charge is 0.149 e. The maximum Gasteiger partial charge on any atom is 0.149 e. The van der Waals surface area contributed by atoms with E-state index in [9.17, 15) is 15.6 Å². The molecular formula is C38H31N5O. The summed E-state index contributed by atoms with van der Waals surface area (Å²) in [4.78, 5) is 9.72. The number of phenolic OH excluding ortho intramolecular Hbond substituents is 1. The molecule has 44 heavy (non-hydrogen) atoms. The van der Waals surface area contributed by atoms with Gasteiger partial charge in [0.1, 0.15) is 11.6 Å². The molecule has 0 saturated carbocycles. The molecule has 6 nitrogen and oxygen atoms in total. The minimum atomic E-state index is 0.123. The number of aromatic hydroxyl groups is 1. The fourth-order valence-electron chi connectivity index (χ4n) is 5.63. The van der Waals surface area contributed by atoms with Crippen LogP contribution in [0.25, 0.3) is 50.5 Å². The highest BCUT2D eigenvalue weighted by molar-refractivity contribution is 5.97. The lowest BCUT2D eigenvalue weighted by Crippen LogP contribution is -2.01. The monoisotopic (exact) mass is 573 g/mol. The third-order valence-electron chi connectivity index (χ3n) is 7.95. The van der Waals surface area contributed by atoms with E-state index in [2.05, 4.69) is 61.5 Å². The second-order valence-corrected chi connectivity index (χ2v) is 11.5. The zero-order chi connectivity index (χ0) is 31.0. The second-order valence-electron chi connectivity index (χ2n) is 11.5. The zero-order valence-corrected chi connectivity index (χ0v) is 25.1. The predicted molar refractivity (Wildman–Crippen MR) is 174 cm³/mol. The van der Waals surface area contributed by atoms with Gasteiger partial charge < -0.3 is 5.11 Å². The van der Waals surface area contributed by atoms with Gasteiger partial charge in [0, 0.05) is 23.0 Å². The molecular weight excluding hydrogens is 542 g/mol. The summed E-state index contributed by atoms with van der Waals surface area (Å²) >= 11 is 0. The van der Waals surface area contributed by atoms with E-state index >= 15 is 0 Å². The normalized spacial score (nSPS) is 11.2. The average molecular weight is 574 g/mol. The summed E-state index contributed by atoms with van der Waals surface area (Å²) < 4.78 is 2.09. The first-order chi connectivity index (χ1) is 21.3. The van der Waals surface area contributed by atoms with Gasteiger partial charge in [0.25, 0.3) is 0 Å². The maximum atomic E-state index is 11.7. The molecule has 6 heteroatoms. The number of nitrogens with zero attached hydrogens (tertiary/aromatic N) is 5. The summed E-state index contributed by atoms with van der Waals surface area (Å²) in [5.41, 5.74) is 9.20. The van der Waals surface area contributed by atoms with E-state index in [-0.39, 0.29) is 17.6 Å². The first-order valence-electron chi connectivity index (χ1n) is 14.6. The van der Waals surface area contributed by atoms with Crippen molar-refractivity contribution in [1.29, 1.82) is 10.5 Å². The van der Waals surface area contributed by atoms with Gasteiger partial charge in [-0.3, -0.25) is 9.55 Å². The summed E-state index contributed by atoms with van der Waals surface area (Å²) in [7, 11) is 0. The van der Waals surface area contributed by atoms with Gasteiger partial charge in [0.2, 0.25) is 0 Å². The SMILES string of the molecule is CC(C)c1cc(-c2nc3c(-c4cc(C#N)cc(-c5cc(C#N)ccn5)c4)cccc3n2-c2ccccc2)c(O)c(C(C)C)c1. The number of aromatic nitrogens is 3. The Bertz CT molecular complexity index is 2110. The second kappa shape index (κ2) is 11.5. The summed E-state index contributed by atoms with van der Waals surface area (Å²) in [6, 6.07) is 33.6. The van der Waals surface area contributed by atoms with Gasteiger partial charge >= 0.3 is 0 Å². The largest absolute Gasteiger partial charge is 0.507 e. The van der Waals surface area contributed by atoms with Gasteiger partial charge in [-0.15, -0.1) is 0 Å². The number of benzene rings is 4. The Morgan fingerprint density at radius 3 is 2.18 bits per heavy atom. The van der Waals surface area contributed by atoms with E-state index < -0.39 is 0 Å². The highest BCUT2D eigenvalue weighted by Gasteiger charge is 2.23. The molecule has 0 fully saturated rings. The van der Waals surface area contributed by atoms with Gasteiger partial charge in [0.15, 0.2) is 0 Å². The van der Waals surface area contributed by atoms with Crippen LogP contribution in [-0.4, -0.2) is 19.6 Å². The molecule has 0 saturated heterocycles. The van der Waals surface area contributed by atoms with Gasteiger partial charge in [-0.25, -0.2) is 4.98 Å². The topological polar surface area (TPSA) is 98.5 Å². The fourth-order valence-corrected chi connectivity index (χ4v) is 5.63. The molecule has 0 radical (unpaired) electrons. The van der Waals surface area contributed by atoms with Crippen LogP contribution in [0.3, 0.4) is 0 Å². The highest BCUT2D eigenvalue weighted by Crippen LogP contribution is 2.42. The van der Waals surface area contributed by atoms with E-state index in [1.165, 1.54) is 0 Å². The molecule has 0 unspecified atom stereocenters. The number of imidazole rings is 1. The van der Waals surface area contributed by atoms with Crippen molar-refractivity contribution in [2.75, 3.05) is 0 Å². The van der Waals surface area contributed by atoms with Crippen LogP contribution in [0.5, 0.6) is 5.75 Å². The van der Waals surface area contributed by atoms with Crippen LogP contribution < -0.4 is 0 Å². The van der Waals surface area contributed by atoms with E-state index in [1.807, 2.05) is 60.7 Å². The van der Waals surface area contributed by atoms with Crippen LogP contribution in [0.15, 0.2) is 97.2 Å². The van der Waals surface area contributed by atoms with E-state index in [0.717, 1.165) is 44.5 Å². The Morgan fingerprint density at radius 2 is 1.48 bits per heavy atom. The van der Waals surface area contributed by atoms with E-state index in [0.29, 0.717) is 28.2 Å². The quantitative estimate of drug-likeness (QED) is 0.214. The lowest BCUT2D eigenvalue weighted by molar-refractivity contribution is 0.466. The standard InChI is InChI=1S/C38H31N5O/c1-23(2)27-19-32(24(3)4)37(44)33(20-27)38-42-36-31(11-8-12-35(36)43(38)30-9-6-5-7-10-30)28-15-26(22-40)16-29(18-28)34-17-25(21-39)13-14-41-34/h5-20,23-24,44H,1-4H3. The molecule has 4 aromatic carbocycles. The number of pyridine rings is 1. The van der Waals surface area contributed by atoms with E-state index in [1.54, 1.807) is 24.4 Å². The summed E-state index contributed by atoms with van der Waals surface area (Å²) in [6.07, 6.45) is 1.60. The van der Waals surface area contributed by atoms with Crippen molar-refractivity contribution in [3.8, 4) is 57.3 Å². The van der Waals surface area contributed by atoms with Crippen molar-refractivity contribution < 1.29 is 5.11 Å². The maximum absolute atomic E-state index is 11.7. The van der Waals surface area contributed by atoms with Crippen molar-refractivity contribution in [2.24, 2.45) is 0 Å². The molecule has 0 atom stereocenters. The summed E-state index contributed by atoms with van der Waals surface area (Å²) in [6.45, 7) is 8.48. The average Bonchev–Trinajstić information content (AvgIpc) is 3.44. The molecule has 0 bridgehead atoms. The molecule has 2 aromatic heterocycles. The molecule has 2 heterocycles. The number of rotatable bonds is 6. The number of para-hydroxylation sites is 2.